The van der Waals surface area contributed by atoms with Gasteiger partial charge in [-0.05, 0) is 31.9 Å². The van der Waals surface area contributed by atoms with E-state index < -0.39 is 0 Å². The van der Waals surface area contributed by atoms with Gasteiger partial charge in [0, 0.05) is 0 Å². The van der Waals surface area contributed by atoms with Crippen LogP contribution in [0.2, 0.25) is 0 Å². The van der Waals surface area contributed by atoms with E-state index in [0.717, 1.165) is 18.7 Å². The molecule has 2 nitrogen and oxygen atoms in total. The Kier molecular flexibility index (Phi) is 5.35. The molecule has 0 aliphatic carbocycles. The average Bonchev–Trinajstić information content (AvgIpc) is 2.02. The molecular formula is C8H16N2S. The number of thioether (sulfide) groups is 1. The Bertz CT molecular complexity index is 142. The molecule has 1 N–H and O–H groups in total. The van der Waals surface area contributed by atoms with Gasteiger partial charge in [-0.3, -0.25) is 5.32 Å². The van der Waals surface area contributed by atoms with Crippen molar-refractivity contribution in [3.63, 3.8) is 0 Å². The summed E-state index contributed by atoms with van der Waals surface area (Å²) in [5.41, 5.74) is -0.322. The summed E-state index contributed by atoms with van der Waals surface area (Å²) in [6.07, 6.45) is 2.97. The first-order valence-corrected chi connectivity index (χ1v) is 5.23. The SMILES string of the molecule is CCNC(C)(C#N)CCSC. The summed E-state index contributed by atoms with van der Waals surface area (Å²) in [4.78, 5) is 0. The van der Waals surface area contributed by atoms with Crippen molar-refractivity contribution < 1.29 is 0 Å². The lowest BCUT2D eigenvalue weighted by Gasteiger charge is -2.21. The Morgan fingerprint density at radius 2 is 2.27 bits per heavy atom. The second kappa shape index (κ2) is 5.45. The van der Waals surface area contributed by atoms with Crippen LogP contribution in [0.5, 0.6) is 0 Å². The predicted molar refractivity (Wildman–Crippen MR) is 50.7 cm³/mol. The van der Waals surface area contributed by atoms with Gasteiger partial charge in [-0.2, -0.15) is 17.0 Å². The van der Waals surface area contributed by atoms with Crippen LogP contribution in [0.25, 0.3) is 0 Å². The van der Waals surface area contributed by atoms with Crippen LogP contribution in [0.3, 0.4) is 0 Å². The standard InChI is InChI=1S/C8H16N2S/c1-4-10-8(2,7-9)5-6-11-3/h10H,4-6H2,1-3H3. The van der Waals surface area contributed by atoms with E-state index >= 15 is 0 Å². The summed E-state index contributed by atoms with van der Waals surface area (Å²) in [5, 5.41) is 12.0. The minimum atomic E-state index is -0.322. The molecule has 0 saturated heterocycles. The van der Waals surface area contributed by atoms with E-state index in [1.54, 1.807) is 11.8 Å². The molecule has 0 radical (unpaired) electrons. The first-order chi connectivity index (χ1) is 5.18. The molecule has 0 fully saturated rings. The average molecular weight is 172 g/mol. The molecule has 0 saturated carbocycles. The summed E-state index contributed by atoms with van der Waals surface area (Å²) in [5.74, 6) is 1.04. The van der Waals surface area contributed by atoms with E-state index in [0.29, 0.717) is 0 Å². The molecule has 0 rings (SSSR count). The molecular weight excluding hydrogens is 156 g/mol. The zero-order valence-corrected chi connectivity index (χ0v) is 8.29. The third-order valence-corrected chi connectivity index (χ3v) is 2.23. The summed E-state index contributed by atoms with van der Waals surface area (Å²) in [7, 11) is 0. The molecule has 0 amide bonds. The highest BCUT2D eigenvalue weighted by atomic mass is 32.2. The van der Waals surface area contributed by atoms with Crippen molar-refractivity contribution in [3.05, 3.63) is 0 Å². The Labute approximate surface area is 73.4 Å². The topological polar surface area (TPSA) is 35.8 Å². The second-order valence-corrected chi connectivity index (χ2v) is 3.70. The van der Waals surface area contributed by atoms with Gasteiger partial charge in [-0.1, -0.05) is 6.92 Å². The molecule has 3 heteroatoms. The van der Waals surface area contributed by atoms with Crippen LogP contribution in [0.1, 0.15) is 20.3 Å². The van der Waals surface area contributed by atoms with Crippen molar-refractivity contribution in [1.82, 2.24) is 5.32 Å². The van der Waals surface area contributed by atoms with Gasteiger partial charge >= 0.3 is 0 Å². The molecule has 0 aromatic heterocycles. The lowest BCUT2D eigenvalue weighted by molar-refractivity contribution is 0.450. The first kappa shape index (κ1) is 10.8. The van der Waals surface area contributed by atoms with Gasteiger partial charge in [0.1, 0.15) is 5.54 Å². The van der Waals surface area contributed by atoms with Crippen LogP contribution >= 0.6 is 11.8 Å². The van der Waals surface area contributed by atoms with E-state index in [4.69, 9.17) is 5.26 Å². The molecule has 0 bridgehead atoms. The molecule has 0 aliphatic rings. The van der Waals surface area contributed by atoms with Crippen molar-refractivity contribution in [1.29, 1.82) is 5.26 Å². The van der Waals surface area contributed by atoms with E-state index in [1.165, 1.54) is 0 Å². The third-order valence-electron chi connectivity index (χ3n) is 1.62. The monoisotopic (exact) mass is 172 g/mol. The van der Waals surface area contributed by atoms with Crippen molar-refractivity contribution >= 4 is 11.8 Å². The predicted octanol–water partition coefficient (Wildman–Crippen LogP) is 1.63. The Morgan fingerprint density at radius 3 is 2.64 bits per heavy atom. The van der Waals surface area contributed by atoms with Gasteiger partial charge in [0.05, 0.1) is 6.07 Å². The molecule has 64 valence electrons. The van der Waals surface area contributed by atoms with Crippen molar-refractivity contribution in [2.75, 3.05) is 18.6 Å². The summed E-state index contributed by atoms with van der Waals surface area (Å²) in [6, 6.07) is 2.29. The summed E-state index contributed by atoms with van der Waals surface area (Å²) in [6.45, 7) is 4.83. The maximum Gasteiger partial charge on any atom is 0.104 e. The van der Waals surface area contributed by atoms with E-state index in [9.17, 15) is 0 Å². The molecule has 0 spiro atoms. The highest BCUT2D eigenvalue weighted by Crippen LogP contribution is 2.11. The number of nitriles is 1. The fourth-order valence-corrected chi connectivity index (χ4v) is 1.49. The van der Waals surface area contributed by atoms with Crippen molar-refractivity contribution in [2.45, 2.75) is 25.8 Å². The lowest BCUT2D eigenvalue weighted by atomic mass is 10.0. The quantitative estimate of drug-likeness (QED) is 0.684. The normalized spacial score (nSPS) is 15.5. The minimum Gasteiger partial charge on any atom is -0.300 e. The number of hydrogen-bond acceptors (Lipinski definition) is 3. The highest BCUT2D eigenvalue weighted by Gasteiger charge is 2.20. The van der Waals surface area contributed by atoms with Gasteiger partial charge in [0.25, 0.3) is 0 Å². The summed E-state index contributed by atoms with van der Waals surface area (Å²) < 4.78 is 0. The molecule has 0 heterocycles. The fourth-order valence-electron chi connectivity index (χ4n) is 0.880. The zero-order chi connectivity index (χ0) is 8.74. The molecule has 0 aromatic carbocycles. The highest BCUT2D eigenvalue weighted by molar-refractivity contribution is 7.98. The fraction of sp³-hybridized carbons (Fsp3) is 0.875. The number of nitrogens with one attached hydrogen (secondary N) is 1. The van der Waals surface area contributed by atoms with Crippen LogP contribution in [-0.4, -0.2) is 24.1 Å². The molecule has 0 aromatic rings. The van der Waals surface area contributed by atoms with Gasteiger partial charge in [0.2, 0.25) is 0 Å². The third kappa shape index (κ3) is 4.28. The summed E-state index contributed by atoms with van der Waals surface area (Å²) >= 11 is 1.78. The molecule has 11 heavy (non-hydrogen) atoms. The number of hydrogen-bond donors (Lipinski definition) is 1. The molecule has 1 unspecified atom stereocenters. The lowest BCUT2D eigenvalue weighted by Crippen LogP contribution is -2.41. The van der Waals surface area contributed by atoms with Crippen LogP contribution in [0, 0.1) is 11.3 Å². The van der Waals surface area contributed by atoms with Gasteiger partial charge in [0.15, 0.2) is 0 Å². The van der Waals surface area contributed by atoms with Gasteiger partial charge in [-0.15, -0.1) is 0 Å². The Hall–Kier alpha value is -0.200. The molecule has 1 atom stereocenters. The largest absolute Gasteiger partial charge is 0.300 e. The Balaban J connectivity index is 3.81. The van der Waals surface area contributed by atoms with E-state index in [-0.39, 0.29) is 5.54 Å². The van der Waals surface area contributed by atoms with Crippen molar-refractivity contribution in [3.8, 4) is 6.07 Å². The van der Waals surface area contributed by atoms with Crippen LogP contribution in [0.4, 0.5) is 0 Å². The van der Waals surface area contributed by atoms with Crippen LogP contribution in [-0.2, 0) is 0 Å². The smallest absolute Gasteiger partial charge is 0.104 e. The van der Waals surface area contributed by atoms with Crippen molar-refractivity contribution in [2.24, 2.45) is 0 Å². The second-order valence-electron chi connectivity index (χ2n) is 2.72. The zero-order valence-electron chi connectivity index (χ0n) is 7.48. The first-order valence-electron chi connectivity index (χ1n) is 3.83. The maximum absolute atomic E-state index is 8.82. The minimum absolute atomic E-state index is 0.322. The number of nitrogens with zero attached hydrogens (tertiary/aromatic N) is 1. The van der Waals surface area contributed by atoms with E-state index in [1.807, 2.05) is 13.8 Å². The Morgan fingerprint density at radius 1 is 1.64 bits per heavy atom. The van der Waals surface area contributed by atoms with Crippen LogP contribution < -0.4 is 5.32 Å². The van der Waals surface area contributed by atoms with E-state index in [2.05, 4.69) is 17.6 Å². The molecule has 0 aliphatic heterocycles. The van der Waals surface area contributed by atoms with Crippen LogP contribution in [0.15, 0.2) is 0 Å². The number of rotatable bonds is 5. The van der Waals surface area contributed by atoms with Gasteiger partial charge in [-0.25, -0.2) is 0 Å². The maximum atomic E-state index is 8.82. The van der Waals surface area contributed by atoms with Gasteiger partial charge < -0.3 is 0 Å².